The van der Waals surface area contributed by atoms with Gasteiger partial charge in [-0.1, -0.05) is 18.7 Å². The van der Waals surface area contributed by atoms with E-state index in [1.807, 2.05) is 0 Å². The van der Waals surface area contributed by atoms with Gasteiger partial charge in [-0.25, -0.2) is 4.79 Å². The van der Waals surface area contributed by atoms with E-state index in [1.165, 1.54) is 12.1 Å². The van der Waals surface area contributed by atoms with E-state index in [1.54, 1.807) is 19.1 Å². The van der Waals surface area contributed by atoms with E-state index in [9.17, 15) is 4.79 Å². The van der Waals surface area contributed by atoms with Gasteiger partial charge in [0.05, 0.1) is 0 Å². The molecular formula is C12H15NO3. The predicted molar refractivity (Wildman–Crippen MR) is 61.2 cm³/mol. The third-order valence-corrected chi connectivity index (χ3v) is 2.09. The number of aliphatic carboxylic acids is 1. The average Bonchev–Trinajstić information content (AvgIpc) is 2.19. The minimum Gasteiger partial charge on any atom is -0.508 e. The molecule has 0 spiro atoms. The molecule has 0 fully saturated rings. The summed E-state index contributed by atoms with van der Waals surface area (Å²) in [6.07, 6.45) is 0.350. The Morgan fingerprint density at radius 3 is 2.44 bits per heavy atom. The zero-order valence-electron chi connectivity index (χ0n) is 9.10. The Labute approximate surface area is 94.2 Å². The number of nitrogens with one attached hydrogen (secondary N) is 1. The number of allylic oxidation sites excluding steroid dienone is 1. The number of phenols is 1. The minimum atomic E-state index is -0.920. The zero-order valence-corrected chi connectivity index (χ0v) is 9.10. The van der Waals surface area contributed by atoms with Crippen LogP contribution in [0.1, 0.15) is 12.5 Å². The van der Waals surface area contributed by atoms with Crippen molar-refractivity contribution >= 4 is 5.97 Å². The SMILES string of the molecule is C=C(C)NC(Cc1ccc(O)cc1)C(=O)O. The highest BCUT2D eigenvalue weighted by Gasteiger charge is 2.16. The predicted octanol–water partition coefficient (Wildman–Crippen LogP) is 1.51. The van der Waals surface area contributed by atoms with Gasteiger partial charge in [0.15, 0.2) is 0 Å². The monoisotopic (exact) mass is 221 g/mol. The van der Waals surface area contributed by atoms with Crippen molar-refractivity contribution < 1.29 is 15.0 Å². The summed E-state index contributed by atoms with van der Waals surface area (Å²) in [5.74, 6) is -0.750. The van der Waals surface area contributed by atoms with Crippen LogP contribution in [0.3, 0.4) is 0 Å². The highest BCUT2D eigenvalue weighted by atomic mass is 16.4. The number of carbonyl (C=O) groups is 1. The van der Waals surface area contributed by atoms with Gasteiger partial charge < -0.3 is 15.5 Å². The Balaban J connectivity index is 2.71. The third-order valence-electron chi connectivity index (χ3n) is 2.09. The topological polar surface area (TPSA) is 69.6 Å². The van der Waals surface area contributed by atoms with E-state index < -0.39 is 12.0 Å². The summed E-state index contributed by atoms with van der Waals surface area (Å²) in [6.45, 7) is 5.33. The average molecular weight is 221 g/mol. The molecule has 1 aromatic rings. The lowest BCUT2D eigenvalue weighted by Gasteiger charge is -2.15. The molecule has 0 radical (unpaired) electrons. The van der Waals surface area contributed by atoms with Crippen molar-refractivity contribution in [2.75, 3.05) is 0 Å². The third kappa shape index (κ3) is 3.65. The molecule has 1 rings (SSSR count). The van der Waals surface area contributed by atoms with E-state index in [0.29, 0.717) is 12.1 Å². The Bertz CT molecular complexity index is 384. The molecule has 0 aliphatic carbocycles. The molecule has 16 heavy (non-hydrogen) atoms. The van der Waals surface area contributed by atoms with Gasteiger partial charge in [0, 0.05) is 12.1 Å². The molecule has 1 aromatic carbocycles. The first-order chi connectivity index (χ1) is 7.49. The van der Waals surface area contributed by atoms with Gasteiger partial charge in [-0.3, -0.25) is 0 Å². The Hall–Kier alpha value is -1.97. The van der Waals surface area contributed by atoms with E-state index in [4.69, 9.17) is 10.2 Å². The van der Waals surface area contributed by atoms with Crippen LogP contribution in [0.5, 0.6) is 5.75 Å². The van der Waals surface area contributed by atoms with Crippen LogP contribution >= 0.6 is 0 Å². The molecule has 0 aliphatic rings. The normalized spacial score (nSPS) is 11.8. The maximum atomic E-state index is 11.0. The van der Waals surface area contributed by atoms with Crippen molar-refractivity contribution in [1.29, 1.82) is 0 Å². The molecule has 0 saturated heterocycles. The lowest BCUT2D eigenvalue weighted by molar-refractivity contribution is -0.139. The Morgan fingerprint density at radius 1 is 1.44 bits per heavy atom. The number of hydrogen-bond donors (Lipinski definition) is 3. The number of carboxylic acids is 1. The Morgan fingerprint density at radius 2 is 2.00 bits per heavy atom. The van der Waals surface area contributed by atoms with Gasteiger partial charge in [0.1, 0.15) is 11.8 Å². The molecule has 0 aliphatic heterocycles. The van der Waals surface area contributed by atoms with Gasteiger partial charge in [-0.15, -0.1) is 0 Å². The maximum absolute atomic E-state index is 11.0. The smallest absolute Gasteiger partial charge is 0.326 e. The Kier molecular flexibility index (Phi) is 3.94. The van der Waals surface area contributed by atoms with Gasteiger partial charge in [0.2, 0.25) is 0 Å². The quantitative estimate of drug-likeness (QED) is 0.705. The summed E-state index contributed by atoms with van der Waals surface area (Å²) >= 11 is 0. The number of benzene rings is 1. The summed E-state index contributed by atoms with van der Waals surface area (Å²) in [7, 11) is 0. The van der Waals surface area contributed by atoms with Crippen LogP contribution in [0.2, 0.25) is 0 Å². The van der Waals surface area contributed by atoms with Crippen LogP contribution in [0.25, 0.3) is 0 Å². The first kappa shape index (κ1) is 12.1. The molecule has 3 N–H and O–H groups in total. The van der Waals surface area contributed by atoms with Crippen LogP contribution in [0.15, 0.2) is 36.5 Å². The number of carboxylic acid groups (broad SMARTS) is 1. The molecular weight excluding hydrogens is 206 g/mol. The van der Waals surface area contributed by atoms with Crippen molar-refractivity contribution in [3.05, 3.63) is 42.1 Å². The molecule has 1 atom stereocenters. The fourth-order valence-electron chi connectivity index (χ4n) is 1.37. The first-order valence-corrected chi connectivity index (χ1v) is 4.92. The fraction of sp³-hybridized carbons (Fsp3) is 0.250. The molecule has 1 unspecified atom stereocenters. The van der Waals surface area contributed by atoms with E-state index in [0.717, 1.165) is 5.56 Å². The second kappa shape index (κ2) is 5.21. The molecule has 0 heterocycles. The first-order valence-electron chi connectivity index (χ1n) is 4.92. The van der Waals surface area contributed by atoms with Gasteiger partial charge in [0.25, 0.3) is 0 Å². The number of phenolic OH excluding ortho intramolecular Hbond substituents is 1. The summed E-state index contributed by atoms with van der Waals surface area (Å²) in [5.41, 5.74) is 1.46. The zero-order chi connectivity index (χ0) is 12.1. The number of hydrogen-bond acceptors (Lipinski definition) is 3. The van der Waals surface area contributed by atoms with Crippen LogP contribution < -0.4 is 5.32 Å². The standard InChI is InChI=1S/C12H15NO3/c1-8(2)13-11(12(15)16)7-9-3-5-10(14)6-4-9/h3-6,11,13-14H,1,7H2,2H3,(H,15,16). The van der Waals surface area contributed by atoms with Gasteiger partial charge in [-0.05, 0) is 24.6 Å². The maximum Gasteiger partial charge on any atom is 0.326 e. The van der Waals surface area contributed by atoms with Gasteiger partial charge >= 0.3 is 5.97 Å². The summed E-state index contributed by atoms with van der Waals surface area (Å²) in [5, 5.41) is 20.9. The van der Waals surface area contributed by atoms with Crippen molar-refractivity contribution in [2.24, 2.45) is 0 Å². The highest BCUT2D eigenvalue weighted by molar-refractivity contribution is 5.74. The largest absolute Gasteiger partial charge is 0.508 e. The number of aromatic hydroxyl groups is 1. The van der Waals surface area contributed by atoms with E-state index in [2.05, 4.69) is 11.9 Å². The molecule has 86 valence electrons. The van der Waals surface area contributed by atoms with E-state index in [-0.39, 0.29) is 5.75 Å². The summed E-state index contributed by atoms with van der Waals surface area (Å²) in [6, 6.07) is 5.78. The molecule has 4 nitrogen and oxygen atoms in total. The summed E-state index contributed by atoms with van der Waals surface area (Å²) in [4.78, 5) is 11.0. The second-order valence-corrected chi connectivity index (χ2v) is 3.69. The van der Waals surface area contributed by atoms with Crippen LogP contribution in [0, 0.1) is 0 Å². The van der Waals surface area contributed by atoms with Crippen LogP contribution in [-0.4, -0.2) is 22.2 Å². The van der Waals surface area contributed by atoms with Crippen molar-refractivity contribution in [3.8, 4) is 5.75 Å². The molecule has 0 amide bonds. The van der Waals surface area contributed by atoms with E-state index >= 15 is 0 Å². The summed E-state index contributed by atoms with van der Waals surface area (Å²) < 4.78 is 0. The van der Waals surface area contributed by atoms with Crippen molar-refractivity contribution in [3.63, 3.8) is 0 Å². The molecule has 0 bridgehead atoms. The number of rotatable bonds is 5. The minimum absolute atomic E-state index is 0.170. The second-order valence-electron chi connectivity index (χ2n) is 3.69. The van der Waals surface area contributed by atoms with Crippen molar-refractivity contribution in [1.82, 2.24) is 5.32 Å². The van der Waals surface area contributed by atoms with Gasteiger partial charge in [-0.2, -0.15) is 0 Å². The molecule has 4 heteroatoms. The fourth-order valence-corrected chi connectivity index (χ4v) is 1.37. The molecule has 0 aromatic heterocycles. The lowest BCUT2D eigenvalue weighted by atomic mass is 10.1. The van der Waals surface area contributed by atoms with Crippen LogP contribution in [0.4, 0.5) is 0 Å². The molecule has 0 saturated carbocycles. The van der Waals surface area contributed by atoms with Crippen molar-refractivity contribution in [2.45, 2.75) is 19.4 Å². The lowest BCUT2D eigenvalue weighted by Crippen LogP contribution is -2.37. The van der Waals surface area contributed by atoms with Crippen LogP contribution in [-0.2, 0) is 11.2 Å². The highest BCUT2D eigenvalue weighted by Crippen LogP contribution is 2.11.